The summed E-state index contributed by atoms with van der Waals surface area (Å²) in [5.74, 6) is 0.762. The molecule has 0 atom stereocenters. The van der Waals surface area contributed by atoms with Crippen LogP contribution in [-0.4, -0.2) is 13.2 Å². The van der Waals surface area contributed by atoms with E-state index >= 15 is 0 Å². The Morgan fingerprint density at radius 2 is 2.00 bits per heavy atom. The van der Waals surface area contributed by atoms with Crippen LogP contribution in [0.5, 0.6) is 0 Å². The Morgan fingerprint density at radius 3 is 2.50 bits per heavy atom. The average Bonchev–Trinajstić information content (AvgIpc) is 1.87. The molecule has 0 fully saturated rings. The van der Waals surface area contributed by atoms with Crippen molar-refractivity contribution < 1.29 is 4.74 Å². The smallest absolute Gasteiger partial charge is 0.0647 e. The Hall–Kier alpha value is -0.300. The highest BCUT2D eigenvalue weighted by Gasteiger charge is 1.85. The molecular weight excluding hydrogens is 124 g/mol. The van der Waals surface area contributed by atoms with Crippen LogP contribution < -0.4 is 0 Å². The van der Waals surface area contributed by atoms with Gasteiger partial charge in [-0.15, -0.1) is 0 Å². The summed E-state index contributed by atoms with van der Waals surface area (Å²) < 4.78 is 5.13. The maximum atomic E-state index is 5.13. The molecule has 0 amide bonds. The lowest BCUT2D eigenvalue weighted by molar-refractivity contribution is 0.177. The third-order valence-corrected chi connectivity index (χ3v) is 1.19. The van der Waals surface area contributed by atoms with Crippen molar-refractivity contribution in [3.63, 3.8) is 0 Å². The van der Waals surface area contributed by atoms with Gasteiger partial charge in [0, 0.05) is 6.61 Å². The molecule has 0 unspecified atom stereocenters. The summed E-state index contributed by atoms with van der Waals surface area (Å²) in [6, 6.07) is 0. The standard InChI is InChI=1S/C9H18O/c1-4-10-8-6-5-7-9(2)3/h5-6,9H,4,7-8H2,1-3H3/b6-5-. The second-order valence-corrected chi connectivity index (χ2v) is 2.76. The van der Waals surface area contributed by atoms with Crippen LogP contribution in [0.25, 0.3) is 0 Å². The van der Waals surface area contributed by atoms with Gasteiger partial charge in [0.2, 0.25) is 0 Å². The van der Waals surface area contributed by atoms with E-state index in [-0.39, 0.29) is 0 Å². The van der Waals surface area contributed by atoms with Gasteiger partial charge in [0.25, 0.3) is 0 Å². The first-order valence-electron chi connectivity index (χ1n) is 4.00. The number of allylic oxidation sites excluding steroid dienone is 1. The molecular formula is C9H18O. The molecule has 0 spiro atoms. The molecule has 0 aliphatic rings. The zero-order chi connectivity index (χ0) is 7.82. The van der Waals surface area contributed by atoms with E-state index in [0.717, 1.165) is 25.6 Å². The maximum absolute atomic E-state index is 5.13. The molecule has 0 saturated heterocycles. The fourth-order valence-electron chi connectivity index (χ4n) is 0.622. The lowest BCUT2D eigenvalue weighted by atomic mass is 10.1. The predicted molar refractivity (Wildman–Crippen MR) is 45.1 cm³/mol. The summed E-state index contributed by atoms with van der Waals surface area (Å²) in [4.78, 5) is 0. The van der Waals surface area contributed by atoms with E-state index in [4.69, 9.17) is 4.74 Å². The number of hydrogen-bond donors (Lipinski definition) is 0. The zero-order valence-electron chi connectivity index (χ0n) is 7.26. The molecule has 60 valence electrons. The van der Waals surface area contributed by atoms with Gasteiger partial charge in [0.15, 0.2) is 0 Å². The molecule has 0 aromatic heterocycles. The van der Waals surface area contributed by atoms with Gasteiger partial charge < -0.3 is 4.74 Å². The van der Waals surface area contributed by atoms with E-state index in [1.54, 1.807) is 0 Å². The van der Waals surface area contributed by atoms with Crippen LogP contribution >= 0.6 is 0 Å². The summed E-state index contributed by atoms with van der Waals surface area (Å²) in [7, 11) is 0. The fourth-order valence-corrected chi connectivity index (χ4v) is 0.622. The third-order valence-electron chi connectivity index (χ3n) is 1.19. The quantitative estimate of drug-likeness (QED) is 0.423. The molecule has 0 saturated carbocycles. The molecule has 0 rings (SSSR count). The Balaban J connectivity index is 3.04. The van der Waals surface area contributed by atoms with Crippen LogP contribution in [0.3, 0.4) is 0 Å². The first-order valence-corrected chi connectivity index (χ1v) is 4.00. The highest BCUT2D eigenvalue weighted by atomic mass is 16.5. The lowest BCUT2D eigenvalue weighted by Crippen LogP contribution is -1.89. The van der Waals surface area contributed by atoms with E-state index in [9.17, 15) is 0 Å². The molecule has 10 heavy (non-hydrogen) atoms. The van der Waals surface area contributed by atoms with E-state index in [2.05, 4.69) is 26.0 Å². The number of rotatable bonds is 5. The molecule has 1 heteroatoms. The first-order chi connectivity index (χ1) is 4.77. The van der Waals surface area contributed by atoms with Gasteiger partial charge in [0.05, 0.1) is 6.61 Å². The first kappa shape index (κ1) is 9.70. The van der Waals surface area contributed by atoms with Crippen LogP contribution in [0.2, 0.25) is 0 Å². The van der Waals surface area contributed by atoms with Crippen LogP contribution in [0.4, 0.5) is 0 Å². The Labute approximate surface area is 64.1 Å². The minimum Gasteiger partial charge on any atom is -0.378 e. The van der Waals surface area contributed by atoms with Crippen LogP contribution in [0, 0.1) is 5.92 Å². The van der Waals surface area contributed by atoms with Crippen molar-refractivity contribution >= 4 is 0 Å². The summed E-state index contributed by atoms with van der Waals surface area (Å²) in [5.41, 5.74) is 0. The van der Waals surface area contributed by atoms with Crippen molar-refractivity contribution in [2.45, 2.75) is 27.2 Å². The molecule has 0 aromatic carbocycles. The van der Waals surface area contributed by atoms with Crippen molar-refractivity contribution in [1.29, 1.82) is 0 Å². The molecule has 0 aliphatic carbocycles. The molecule has 0 N–H and O–H groups in total. The Kier molecular flexibility index (Phi) is 6.61. The lowest BCUT2D eigenvalue weighted by Gasteiger charge is -1.96. The minimum absolute atomic E-state index is 0.762. The van der Waals surface area contributed by atoms with Crippen molar-refractivity contribution in [2.75, 3.05) is 13.2 Å². The average molecular weight is 142 g/mol. The summed E-state index contributed by atoms with van der Waals surface area (Å²) in [6.07, 6.45) is 5.43. The third kappa shape index (κ3) is 7.70. The molecule has 0 aliphatic heterocycles. The number of ether oxygens (including phenoxy) is 1. The highest BCUT2D eigenvalue weighted by molar-refractivity contribution is 4.81. The van der Waals surface area contributed by atoms with Crippen molar-refractivity contribution in [3.05, 3.63) is 12.2 Å². The van der Waals surface area contributed by atoms with Crippen molar-refractivity contribution in [2.24, 2.45) is 5.92 Å². The molecule has 0 bridgehead atoms. The molecule has 0 aromatic rings. The predicted octanol–water partition coefficient (Wildman–Crippen LogP) is 2.63. The fraction of sp³-hybridized carbons (Fsp3) is 0.778. The molecule has 0 heterocycles. The van der Waals surface area contributed by atoms with Crippen molar-refractivity contribution in [3.8, 4) is 0 Å². The maximum Gasteiger partial charge on any atom is 0.0647 e. The van der Waals surface area contributed by atoms with Gasteiger partial charge in [-0.05, 0) is 19.3 Å². The van der Waals surface area contributed by atoms with E-state index in [1.165, 1.54) is 0 Å². The number of hydrogen-bond acceptors (Lipinski definition) is 1. The zero-order valence-corrected chi connectivity index (χ0v) is 7.26. The second kappa shape index (κ2) is 6.81. The van der Waals surface area contributed by atoms with Crippen LogP contribution in [-0.2, 0) is 4.74 Å². The van der Waals surface area contributed by atoms with Gasteiger partial charge in [-0.25, -0.2) is 0 Å². The van der Waals surface area contributed by atoms with Crippen molar-refractivity contribution in [1.82, 2.24) is 0 Å². The molecule has 0 radical (unpaired) electrons. The second-order valence-electron chi connectivity index (χ2n) is 2.76. The van der Waals surface area contributed by atoms with Gasteiger partial charge >= 0.3 is 0 Å². The summed E-state index contributed by atoms with van der Waals surface area (Å²) in [6.45, 7) is 8.02. The largest absolute Gasteiger partial charge is 0.378 e. The summed E-state index contributed by atoms with van der Waals surface area (Å²) >= 11 is 0. The normalized spacial score (nSPS) is 11.6. The van der Waals surface area contributed by atoms with Gasteiger partial charge in [-0.2, -0.15) is 0 Å². The van der Waals surface area contributed by atoms with Gasteiger partial charge in [-0.1, -0.05) is 26.0 Å². The summed E-state index contributed by atoms with van der Waals surface area (Å²) in [5, 5.41) is 0. The van der Waals surface area contributed by atoms with E-state index in [1.807, 2.05) is 6.92 Å². The van der Waals surface area contributed by atoms with Crippen LogP contribution in [0.1, 0.15) is 27.2 Å². The Morgan fingerprint density at radius 1 is 1.30 bits per heavy atom. The molecule has 1 nitrogen and oxygen atoms in total. The van der Waals surface area contributed by atoms with E-state index in [0.29, 0.717) is 0 Å². The van der Waals surface area contributed by atoms with Gasteiger partial charge in [-0.3, -0.25) is 0 Å². The topological polar surface area (TPSA) is 9.23 Å². The highest BCUT2D eigenvalue weighted by Crippen LogP contribution is 1.99. The van der Waals surface area contributed by atoms with E-state index < -0.39 is 0 Å². The van der Waals surface area contributed by atoms with Crippen LogP contribution in [0.15, 0.2) is 12.2 Å². The minimum atomic E-state index is 0.762. The SMILES string of the molecule is CCOC/C=C\CC(C)C. The monoisotopic (exact) mass is 142 g/mol. The Bertz CT molecular complexity index is 84.7. The van der Waals surface area contributed by atoms with Gasteiger partial charge in [0.1, 0.15) is 0 Å².